The van der Waals surface area contributed by atoms with Gasteiger partial charge in [0.2, 0.25) is 5.95 Å². The van der Waals surface area contributed by atoms with E-state index in [1.165, 1.54) is 0 Å². The average Bonchev–Trinajstić information content (AvgIpc) is 3.15. The second-order valence-electron chi connectivity index (χ2n) is 4.31. The highest BCUT2D eigenvalue weighted by Crippen LogP contribution is 2.29. The third-order valence-corrected chi connectivity index (χ3v) is 3.63. The van der Waals surface area contributed by atoms with Crippen molar-refractivity contribution >= 4 is 40.0 Å². The van der Waals surface area contributed by atoms with Crippen molar-refractivity contribution in [1.82, 2.24) is 19.5 Å². The first kappa shape index (κ1) is 16.2. The minimum absolute atomic E-state index is 0.00228. The van der Waals surface area contributed by atoms with Crippen molar-refractivity contribution in [2.75, 3.05) is 10.1 Å². The van der Waals surface area contributed by atoms with Gasteiger partial charge in [0.15, 0.2) is 11.2 Å². The van der Waals surface area contributed by atoms with E-state index >= 15 is 0 Å². The monoisotopic (exact) mass is 407 g/mol. The molecule has 2 unspecified atom stereocenters. The van der Waals surface area contributed by atoms with Crippen molar-refractivity contribution in [3.05, 3.63) is 16.7 Å². The first-order valence-corrected chi connectivity index (χ1v) is 7.90. The van der Waals surface area contributed by atoms with Crippen molar-refractivity contribution in [3.8, 4) is 0 Å². The van der Waals surface area contributed by atoms with Gasteiger partial charge in [-0.15, -0.1) is 0 Å². The Hall–Kier alpha value is -1.20. The second-order valence-corrected chi connectivity index (χ2v) is 4.85. The Kier molecular flexibility index (Phi) is 5.53. The molecule has 1 saturated heterocycles. The third kappa shape index (κ3) is 3.19. The molecule has 0 bridgehead atoms. The van der Waals surface area contributed by atoms with Crippen LogP contribution in [0.5, 0.6) is 0 Å². The molecule has 8 nitrogen and oxygen atoms in total. The molecule has 3 N–H and O–H groups in total. The number of hydrogen-bond donors (Lipinski definition) is 3. The van der Waals surface area contributed by atoms with Gasteiger partial charge in [-0.3, -0.25) is 17.9 Å². The molecule has 1 fully saturated rings. The molecule has 0 radical (unpaired) electrons. The van der Waals surface area contributed by atoms with E-state index in [9.17, 15) is 4.79 Å². The molecule has 9 heteroatoms. The van der Waals surface area contributed by atoms with Crippen LogP contribution in [-0.4, -0.2) is 37.3 Å². The van der Waals surface area contributed by atoms with E-state index in [4.69, 9.17) is 9.84 Å². The number of imidazole rings is 1. The molecule has 0 spiro atoms. The lowest BCUT2D eigenvalue weighted by Crippen LogP contribution is -2.15. The van der Waals surface area contributed by atoms with Gasteiger partial charge >= 0.3 is 0 Å². The number of rotatable bonds is 3. The molecule has 21 heavy (non-hydrogen) atoms. The Bertz CT molecular complexity index is 656. The number of fused-ring (bicyclic) bond motifs is 1. The number of aromatic amines is 1. The van der Waals surface area contributed by atoms with Crippen LogP contribution in [0.25, 0.3) is 11.2 Å². The number of halogens is 1. The minimum atomic E-state index is -0.292. The van der Waals surface area contributed by atoms with Gasteiger partial charge in [-0.1, -0.05) is 13.8 Å². The van der Waals surface area contributed by atoms with Gasteiger partial charge < -0.3 is 9.84 Å². The molecule has 2 aromatic rings. The molecule has 1 aliphatic heterocycles. The molecular formula is C12H18IN5O3. The summed E-state index contributed by atoms with van der Waals surface area (Å²) in [6.07, 6.45) is 2.69. The van der Waals surface area contributed by atoms with Gasteiger partial charge in [-0.2, -0.15) is 4.98 Å². The van der Waals surface area contributed by atoms with Gasteiger partial charge in [-0.05, 0) is 12.8 Å². The number of hydrogen-bond acceptors (Lipinski definition) is 6. The lowest BCUT2D eigenvalue weighted by atomic mass is 10.2. The van der Waals surface area contributed by atoms with Crippen LogP contribution in [0.15, 0.2) is 11.1 Å². The van der Waals surface area contributed by atoms with Crippen LogP contribution in [0.1, 0.15) is 32.9 Å². The van der Waals surface area contributed by atoms with Crippen molar-refractivity contribution in [1.29, 1.82) is 0 Å². The Morgan fingerprint density at radius 2 is 2.33 bits per heavy atom. The van der Waals surface area contributed by atoms with E-state index < -0.39 is 0 Å². The highest BCUT2D eigenvalue weighted by atomic mass is 127. The molecule has 0 saturated carbocycles. The maximum atomic E-state index is 11.8. The van der Waals surface area contributed by atoms with E-state index in [0.717, 1.165) is 12.8 Å². The number of nitrogens with one attached hydrogen (secondary N) is 2. The standard InChI is InChI=1S/C10H12IN5O3.C2H6/c11-15-10-13-8-7(9(18)14-10)12-4-16(8)6-2-1-5(3-17)19-6;1-2/h4-6,17H,1-3H2,(H2,13,14,15,18);1-2H3. The molecule has 0 aliphatic carbocycles. The number of ether oxygens (including phenoxy) is 1. The summed E-state index contributed by atoms with van der Waals surface area (Å²) < 4.78 is 10.2. The van der Waals surface area contributed by atoms with Crippen molar-refractivity contribution < 1.29 is 9.84 Å². The average molecular weight is 407 g/mol. The van der Waals surface area contributed by atoms with E-state index in [1.807, 2.05) is 36.7 Å². The van der Waals surface area contributed by atoms with Crippen LogP contribution in [0.2, 0.25) is 0 Å². The lowest BCUT2D eigenvalue weighted by Gasteiger charge is -2.13. The van der Waals surface area contributed by atoms with Crippen molar-refractivity contribution in [3.63, 3.8) is 0 Å². The van der Waals surface area contributed by atoms with Crippen LogP contribution < -0.4 is 9.09 Å². The first-order valence-electron chi connectivity index (χ1n) is 6.82. The number of nitrogens with zero attached hydrogens (tertiary/aromatic N) is 3. The van der Waals surface area contributed by atoms with Gasteiger partial charge in [0.25, 0.3) is 5.56 Å². The normalized spacial score (nSPS) is 21.1. The van der Waals surface area contributed by atoms with Gasteiger partial charge in [0.1, 0.15) is 6.23 Å². The Morgan fingerprint density at radius 1 is 1.57 bits per heavy atom. The van der Waals surface area contributed by atoms with Crippen LogP contribution >= 0.6 is 22.9 Å². The summed E-state index contributed by atoms with van der Waals surface area (Å²) in [7, 11) is 0. The molecule has 3 heterocycles. The molecule has 116 valence electrons. The number of anilines is 1. The van der Waals surface area contributed by atoms with Crippen LogP contribution in [0.3, 0.4) is 0 Å². The van der Waals surface area contributed by atoms with Gasteiger partial charge in [0, 0.05) is 0 Å². The lowest BCUT2D eigenvalue weighted by molar-refractivity contribution is -0.0207. The Balaban J connectivity index is 0.000000774. The smallest absolute Gasteiger partial charge is 0.280 e. The van der Waals surface area contributed by atoms with E-state index in [2.05, 4.69) is 18.5 Å². The van der Waals surface area contributed by atoms with E-state index in [1.54, 1.807) is 10.9 Å². The Labute approximate surface area is 135 Å². The maximum Gasteiger partial charge on any atom is 0.280 e. The summed E-state index contributed by atoms with van der Waals surface area (Å²) in [5.41, 5.74) is 0.470. The van der Waals surface area contributed by atoms with Crippen LogP contribution in [-0.2, 0) is 4.74 Å². The second kappa shape index (κ2) is 7.18. The predicted octanol–water partition coefficient (Wildman–Crippen LogP) is 1.58. The number of aliphatic hydroxyl groups excluding tert-OH is 1. The highest BCUT2D eigenvalue weighted by Gasteiger charge is 2.27. The van der Waals surface area contributed by atoms with Gasteiger partial charge in [-0.25, -0.2) is 4.98 Å². The minimum Gasteiger partial charge on any atom is -0.394 e. The summed E-state index contributed by atoms with van der Waals surface area (Å²) >= 11 is 1.89. The fraction of sp³-hybridized carbons (Fsp3) is 0.583. The maximum absolute atomic E-state index is 11.8. The molecule has 0 amide bonds. The fourth-order valence-electron chi connectivity index (χ4n) is 2.21. The Morgan fingerprint density at radius 3 is 2.95 bits per heavy atom. The predicted molar refractivity (Wildman–Crippen MR) is 87.4 cm³/mol. The zero-order valence-electron chi connectivity index (χ0n) is 11.8. The molecule has 0 aromatic carbocycles. The molecule has 2 aromatic heterocycles. The molecule has 2 atom stereocenters. The van der Waals surface area contributed by atoms with E-state index in [0.29, 0.717) is 11.6 Å². The quantitative estimate of drug-likeness (QED) is 0.527. The summed E-state index contributed by atoms with van der Waals surface area (Å²) in [5, 5.41) is 9.09. The summed E-state index contributed by atoms with van der Waals surface area (Å²) in [6, 6.07) is 0. The topological polar surface area (TPSA) is 105 Å². The van der Waals surface area contributed by atoms with Crippen LogP contribution in [0, 0.1) is 0 Å². The van der Waals surface area contributed by atoms with Crippen LogP contribution in [0.4, 0.5) is 5.95 Å². The van der Waals surface area contributed by atoms with Gasteiger partial charge in [0.05, 0.1) is 41.9 Å². The van der Waals surface area contributed by atoms with E-state index in [-0.39, 0.29) is 30.0 Å². The fourth-order valence-corrected chi connectivity index (χ4v) is 2.46. The zero-order valence-corrected chi connectivity index (χ0v) is 14.0. The molecule has 3 rings (SSSR count). The van der Waals surface area contributed by atoms with Crippen molar-refractivity contribution in [2.24, 2.45) is 0 Å². The first-order chi connectivity index (χ1) is 10.2. The molecule has 1 aliphatic rings. The highest BCUT2D eigenvalue weighted by molar-refractivity contribution is 14.1. The third-order valence-electron chi connectivity index (χ3n) is 3.12. The summed E-state index contributed by atoms with van der Waals surface area (Å²) in [4.78, 5) is 22.8. The largest absolute Gasteiger partial charge is 0.394 e. The number of aliphatic hydroxyl groups is 1. The molecular weight excluding hydrogens is 389 g/mol. The summed E-state index contributed by atoms with van der Waals surface area (Å²) in [5.74, 6) is 0.372. The van der Waals surface area contributed by atoms with Crippen molar-refractivity contribution in [2.45, 2.75) is 39.0 Å². The number of aromatic nitrogens is 4. The summed E-state index contributed by atoms with van der Waals surface area (Å²) in [6.45, 7) is 4.00. The zero-order chi connectivity index (χ0) is 15.4. The SMILES string of the molecule is CC.O=c1[nH]c(NI)nc2c1ncn2C1CCC(CO)O1. The number of H-pyrrole nitrogens is 1.